The number of rotatable bonds is 7. The van der Waals surface area contributed by atoms with Crippen molar-refractivity contribution in [2.24, 2.45) is 11.8 Å². The van der Waals surface area contributed by atoms with Gasteiger partial charge in [0.05, 0.1) is 24.3 Å². The lowest BCUT2D eigenvalue weighted by molar-refractivity contribution is 0.308. The van der Waals surface area contributed by atoms with Gasteiger partial charge in [-0.05, 0) is 24.7 Å². The fourth-order valence-electron chi connectivity index (χ4n) is 1.74. The second kappa shape index (κ2) is 9.51. The SMILES string of the molecule is N#CCCC(CC#N)C(CC#N)CCC#N. The van der Waals surface area contributed by atoms with Crippen LogP contribution in [0.15, 0.2) is 0 Å². The normalized spacial score (nSPS) is 12.5. The second-order valence-electron chi connectivity index (χ2n) is 3.64. The Labute approximate surface area is 96.3 Å². The first kappa shape index (κ1) is 14.0. The van der Waals surface area contributed by atoms with Crippen LogP contribution in [-0.2, 0) is 0 Å². The minimum absolute atomic E-state index is 0.0673. The minimum atomic E-state index is 0.0673. The Balaban J connectivity index is 4.42. The summed E-state index contributed by atoms with van der Waals surface area (Å²) < 4.78 is 0. The Morgan fingerprint density at radius 2 is 1.00 bits per heavy atom. The lowest BCUT2D eigenvalue weighted by atomic mass is 9.81. The van der Waals surface area contributed by atoms with Gasteiger partial charge in [-0.3, -0.25) is 0 Å². The van der Waals surface area contributed by atoms with Crippen LogP contribution in [-0.4, -0.2) is 0 Å². The smallest absolute Gasteiger partial charge is 0.0624 e. The molecule has 4 nitrogen and oxygen atoms in total. The number of nitrogens with zero attached hydrogens (tertiary/aromatic N) is 4. The molecule has 0 bridgehead atoms. The molecule has 0 saturated heterocycles. The van der Waals surface area contributed by atoms with Gasteiger partial charge in [0.2, 0.25) is 0 Å². The number of hydrogen-bond donors (Lipinski definition) is 0. The van der Waals surface area contributed by atoms with Crippen molar-refractivity contribution in [2.45, 2.75) is 38.5 Å². The van der Waals surface area contributed by atoms with Crippen LogP contribution >= 0.6 is 0 Å². The molecular weight excluding hydrogens is 200 g/mol. The van der Waals surface area contributed by atoms with Crippen LogP contribution in [0.5, 0.6) is 0 Å². The lowest BCUT2D eigenvalue weighted by Gasteiger charge is -2.21. The van der Waals surface area contributed by atoms with Gasteiger partial charge in [-0.1, -0.05) is 0 Å². The maximum atomic E-state index is 8.70. The first-order valence-electron chi connectivity index (χ1n) is 5.27. The zero-order valence-electron chi connectivity index (χ0n) is 9.19. The first-order chi connectivity index (χ1) is 7.79. The van der Waals surface area contributed by atoms with Crippen molar-refractivity contribution in [1.82, 2.24) is 0 Å². The van der Waals surface area contributed by atoms with E-state index in [0.29, 0.717) is 38.5 Å². The minimum Gasteiger partial charge on any atom is -0.198 e. The molecule has 4 heteroatoms. The van der Waals surface area contributed by atoms with E-state index in [1.807, 2.05) is 0 Å². The van der Waals surface area contributed by atoms with Gasteiger partial charge in [-0.15, -0.1) is 0 Å². The van der Waals surface area contributed by atoms with Gasteiger partial charge in [0.15, 0.2) is 0 Å². The predicted molar refractivity (Wildman–Crippen MR) is 57.1 cm³/mol. The van der Waals surface area contributed by atoms with E-state index in [1.165, 1.54) is 0 Å². The molecule has 0 saturated carbocycles. The van der Waals surface area contributed by atoms with Gasteiger partial charge >= 0.3 is 0 Å². The highest BCUT2D eigenvalue weighted by Gasteiger charge is 2.20. The van der Waals surface area contributed by atoms with E-state index < -0.39 is 0 Å². The summed E-state index contributed by atoms with van der Waals surface area (Å²) in [5.74, 6) is 0.135. The summed E-state index contributed by atoms with van der Waals surface area (Å²) in [6.45, 7) is 0. The molecule has 0 aliphatic carbocycles. The quantitative estimate of drug-likeness (QED) is 0.650. The molecule has 82 valence electrons. The molecule has 0 amide bonds. The fraction of sp³-hybridized carbons (Fsp3) is 0.667. The molecular formula is C12H14N4. The number of hydrogen-bond acceptors (Lipinski definition) is 4. The van der Waals surface area contributed by atoms with E-state index in [-0.39, 0.29) is 11.8 Å². The maximum Gasteiger partial charge on any atom is 0.0624 e. The van der Waals surface area contributed by atoms with Crippen molar-refractivity contribution in [1.29, 1.82) is 21.0 Å². The highest BCUT2D eigenvalue weighted by atomic mass is 14.3. The Hall–Kier alpha value is -2.04. The lowest BCUT2D eigenvalue weighted by Crippen LogP contribution is -2.14. The van der Waals surface area contributed by atoms with Gasteiger partial charge in [0, 0.05) is 25.7 Å². The van der Waals surface area contributed by atoms with Gasteiger partial charge < -0.3 is 0 Å². The Kier molecular flexibility index (Phi) is 8.30. The molecule has 0 aliphatic heterocycles. The van der Waals surface area contributed by atoms with Crippen molar-refractivity contribution in [3.8, 4) is 24.3 Å². The van der Waals surface area contributed by atoms with Gasteiger partial charge in [0.25, 0.3) is 0 Å². The van der Waals surface area contributed by atoms with Gasteiger partial charge in [0.1, 0.15) is 0 Å². The topological polar surface area (TPSA) is 95.2 Å². The first-order valence-corrected chi connectivity index (χ1v) is 5.27. The Morgan fingerprint density at radius 1 is 0.625 bits per heavy atom. The molecule has 0 spiro atoms. The van der Waals surface area contributed by atoms with E-state index in [9.17, 15) is 0 Å². The van der Waals surface area contributed by atoms with E-state index in [1.54, 1.807) is 0 Å². The zero-order chi connectivity index (χ0) is 12.2. The molecule has 2 atom stereocenters. The van der Waals surface area contributed by atoms with Crippen LogP contribution in [0.25, 0.3) is 0 Å². The molecule has 0 aromatic rings. The number of nitriles is 4. The molecule has 0 aromatic carbocycles. The van der Waals surface area contributed by atoms with Crippen LogP contribution in [0.1, 0.15) is 38.5 Å². The Morgan fingerprint density at radius 3 is 1.25 bits per heavy atom. The zero-order valence-corrected chi connectivity index (χ0v) is 9.19. The van der Waals surface area contributed by atoms with Crippen LogP contribution in [0, 0.1) is 57.2 Å². The molecule has 0 rings (SSSR count). The summed E-state index contributed by atoms with van der Waals surface area (Å²) in [4.78, 5) is 0. The van der Waals surface area contributed by atoms with Crippen molar-refractivity contribution < 1.29 is 0 Å². The molecule has 0 N–H and O–H groups in total. The van der Waals surface area contributed by atoms with Crippen molar-refractivity contribution in [2.75, 3.05) is 0 Å². The molecule has 0 heterocycles. The summed E-state index contributed by atoms with van der Waals surface area (Å²) in [6.07, 6.45) is 2.81. The van der Waals surface area contributed by atoms with E-state index in [4.69, 9.17) is 21.0 Å². The molecule has 2 unspecified atom stereocenters. The monoisotopic (exact) mass is 214 g/mol. The molecule has 16 heavy (non-hydrogen) atoms. The standard InChI is InChI=1S/C12H14N4/c13-7-1-3-11(5-9-15)12(6-10-16)4-2-8-14/h11-12H,1-6H2. The summed E-state index contributed by atoms with van der Waals surface area (Å²) in [6, 6.07) is 8.29. The fourth-order valence-corrected chi connectivity index (χ4v) is 1.74. The average Bonchev–Trinajstić information content (AvgIpc) is 2.30. The van der Waals surface area contributed by atoms with Crippen molar-refractivity contribution in [3.05, 3.63) is 0 Å². The predicted octanol–water partition coefficient (Wildman–Crippen LogP) is 2.65. The largest absolute Gasteiger partial charge is 0.198 e. The molecule has 0 radical (unpaired) electrons. The third-order valence-corrected chi connectivity index (χ3v) is 2.63. The second-order valence-corrected chi connectivity index (χ2v) is 3.64. The van der Waals surface area contributed by atoms with E-state index in [2.05, 4.69) is 24.3 Å². The summed E-state index contributed by atoms with van der Waals surface area (Å²) in [5.41, 5.74) is 0. The maximum absolute atomic E-state index is 8.70. The third kappa shape index (κ3) is 5.64. The molecule has 0 aromatic heterocycles. The van der Waals surface area contributed by atoms with E-state index in [0.717, 1.165) is 0 Å². The van der Waals surface area contributed by atoms with Crippen LogP contribution in [0.3, 0.4) is 0 Å². The summed E-state index contributed by atoms with van der Waals surface area (Å²) >= 11 is 0. The molecule has 0 fully saturated rings. The van der Waals surface area contributed by atoms with Crippen molar-refractivity contribution >= 4 is 0 Å². The molecule has 0 aliphatic rings. The highest BCUT2D eigenvalue weighted by Crippen LogP contribution is 2.27. The van der Waals surface area contributed by atoms with Gasteiger partial charge in [-0.2, -0.15) is 21.0 Å². The van der Waals surface area contributed by atoms with Gasteiger partial charge in [-0.25, -0.2) is 0 Å². The van der Waals surface area contributed by atoms with Crippen LogP contribution in [0.2, 0.25) is 0 Å². The van der Waals surface area contributed by atoms with Crippen LogP contribution in [0.4, 0.5) is 0 Å². The highest BCUT2D eigenvalue weighted by molar-refractivity contribution is 4.89. The summed E-state index contributed by atoms with van der Waals surface area (Å²) in [7, 11) is 0. The van der Waals surface area contributed by atoms with Crippen molar-refractivity contribution in [3.63, 3.8) is 0 Å². The summed E-state index contributed by atoms with van der Waals surface area (Å²) in [5, 5.41) is 34.4. The van der Waals surface area contributed by atoms with E-state index >= 15 is 0 Å². The Bertz CT molecular complexity index is 311. The average molecular weight is 214 g/mol. The third-order valence-electron chi connectivity index (χ3n) is 2.63. The van der Waals surface area contributed by atoms with Crippen LogP contribution < -0.4 is 0 Å².